The van der Waals surface area contributed by atoms with E-state index in [1.807, 2.05) is 13.0 Å². The summed E-state index contributed by atoms with van der Waals surface area (Å²) < 4.78 is 18.9. The number of Topliss-reactive ketones (excluding diaryl/α,β-unsaturated/α-hetero) is 1. The molecule has 0 radical (unpaired) electrons. The van der Waals surface area contributed by atoms with Gasteiger partial charge < -0.3 is 18.9 Å². The van der Waals surface area contributed by atoms with Gasteiger partial charge in [-0.3, -0.25) is 4.79 Å². The van der Waals surface area contributed by atoms with E-state index in [2.05, 4.69) is 23.7 Å². The van der Waals surface area contributed by atoms with Crippen molar-refractivity contribution in [3.05, 3.63) is 58.7 Å². The fourth-order valence-electron chi connectivity index (χ4n) is 2.78. The zero-order chi connectivity index (χ0) is 26.2. The minimum Gasteiger partial charge on any atom is -0.495 e. The maximum atomic E-state index is 13.1. The number of carbonyl (C=O) groups excluding carboxylic acids is 2. The topological polar surface area (TPSA) is 71.1 Å². The van der Waals surface area contributed by atoms with Crippen LogP contribution in [0.1, 0.15) is 40.9 Å². The Kier molecular flexibility index (Phi) is 9.74. The molecule has 0 aromatic heterocycles. The van der Waals surface area contributed by atoms with Crippen LogP contribution in [0.4, 0.5) is 4.79 Å². The minimum absolute atomic E-state index is 0.242. The average Bonchev–Trinajstić information content (AvgIpc) is 2.79. The smallest absolute Gasteiger partial charge is 0.495 e. The number of ketones is 1. The molecule has 0 heterocycles. The maximum absolute atomic E-state index is 13.1. The predicted octanol–water partition coefficient (Wildman–Crippen LogP) is 5.90. The average molecular weight is 538 g/mol. The quantitative estimate of drug-likeness (QED) is 0.205. The lowest BCUT2D eigenvalue weighted by atomic mass is 9.98. The summed E-state index contributed by atoms with van der Waals surface area (Å²) in [6, 6.07) is 10.5. The van der Waals surface area contributed by atoms with Crippen molar-refractivity contribution in [2.75, 3.05) is 20.8 Å². The molecular weight excluding hydrogens is 515 g/mol. The zero-order valence-corrected chi connectivity index (χ0v) is 22.0. The molecule has 0 aliphatic rings. The van der Waals surface area contributed by atoms with Gasteiger partial charge in [0, 0.05) is 0 Å². The Labute approximate surface area is 219 Å². The standard InChI is InChI=1S/C26H23Cl3O6/c1-17-14-20(21(30)11-10-18-8-6-7-9-22(18)32-4)19(23(15-17)33-5)12-13-25(2,3)35-24(31)34-16-26(27,28)29/h6-9,14-15H,16H2,1-5H3. The van der Waals surface area contributed by atoms with Gasteiger partial charge in [0.05, 0.1) is 30.9 Å². The second kappa shape index (κ2) is 12.1. The van der Waals surface area contributed by atoms with Crippen LogP contribution in [0.5, 0.6) is 11.5 Å². The number of benzene rings is 2. The van der Waals surface area contributed by atoms with Crippen molar-refractivity contribution in [1.29, 1.82) is 0 Å². The Balaban J connectivity index is 2.39. The molecular formula is C26H23Cl3O6. The Morgan fingerprint density at radius 3 is 2.26 bits per heavy atom. The number of aryl methyl sites for hydroxylation is 1. The molecule has 0 saturated carbocycles. The van der Waals surface area contributed by atoms with Crippen molar-refractivity contribution >= 4 is 46.7 Å². The summed E-state index contributed by atoms with van der Waals surface area (Å²) in [6.45, 7) is 4.41. The van der Waals surface area contributed by atoms with E-state index >= 15 is 0 Å². The van der Waals surface area contributed by atoms with Crippen molar-refractivity contribution in [3.63, 3.8) is 0 Å². The monoisotopic (exact) mass is 536 g/mol. The molecule has 0 atom stereocenters. The normalized spacial score (nSPS) is 10.7. The lowest BCUT2D eigenvalue weighted by Crippen LogP contribution is -2.28. The highest BCUT2D eigenvalue weighted by atomic mass is 35.6. The molecule has 2 aromatic carbocycles. The molecule has 0 aliphatic heterocycles. The van der Waals surface area contributed by atoms with Crippen molar-refractivity contribution in [3.8, 4) is 35.2 Å². The SMILES string of the molecule is COc1ccccc1C#CC(=O)c1cc(C)cc(OC)c1C#CC(C)(C)OC(=O)OCC(Cl)(Cl)Cl. The zero-order valence-electron chi connectivity index (χ0n) is 19.8. The highest BCUT2D eigenvalue weighted by Crippen LogP contribution is 2.27. The maximum Gasteiger partial charge on any atom is 0.509 e. The number of ether oxygens (including phenoxy) is 4. The number of halogens is 3. The lowest BCUT2D eigenvalue weighted by molar-refractivity contribution is 0.0108. The van der Waals surface area contributed by atoms with E-state index in [-0.39, 0.29) is 5.56 Å². The first-order chi connectivity index (χ1) is 16.3. The molecule has 0 unspecified atom stereocenters. The predicted molar refractivity (Wildman–Crippen MR) is 136 cm³/mol. The number of hydrogen-bond donors (Lipinski definition) is 0. The van der Waals surface area contributed by atoms with Gasteiger partial charge in [0.25, 0.3) is 0 Å². The largest absolute Gasteiger partial charge is 0.509 e. The summed E-state index contributed by atoms with van der Waals surface area (Å²) >= 11 is 16.7. The molecule has 0 saturated heterocycles. The van der Waals surface area contributed by atoms with Crippen molar-refractivity contribution < 1.29 is 28.5 Å². The Morgan fingerprint density at radius 2 is 1.63 bits per heavy atom. The summed E-state index contributed by atoms with van der Waals surface area (Å²) in [5, 5.41) is 0. The molecule has 0 bridgehead atoms. The van der Waals surface area contributed by atoms with Crippen LogP contribution < -0.4 is 9.47 Å². The van der Waals surface area contributed by atoms with E-state index in [1.165, 1.54) is 14.2 Å². The Morgan fingerprint density at radius 1 is 0.971 bits per heavy atom. The van der Waals surface area contributed by atoms with Gasteiger partial charge in [-0.25, -0.2) is 4.79 Å². The van der Waals surface area contributed by atoms with Gasteiger partial charge in [-0.1, -0.05) is 64.7 Å². The fourth-order valence-corrected chi connectivity index (χ4v) is 2.94. The van der Waals surface area contributed by atoms with Crippen molar-refractivity contribution in [2.45, 2.75) is 30.2 Å². The molecule has 184 valence electrons. The lowest BCUT2D eigenvalue weighted by Gasteiger charge is -2.19. The van der Waals surface area contributed by atoms with Crippen molar-refractivity contribution in [2.24, 2.45) is 0 Å². The number of alkyl halides is 3. The van der Waals surface area contributed by atoms with Gasteiger partial charge in [0.15, 0.2) is 5.60 Å². The number of methoxy groups -OCH3 is 2. The van der Waals surface area contributed by atoms with E-state index in [9.17, 15) is 9.59 Å². The summed E-state index contributed by atoms with van der Waals surface area (Å²) in [5.41, 5.74) is 0.582. The molecule has 0 amide bonds. The van der Waals surface area contributed by atoms with Crippen LogP contribution in [0, 0.1) is 30.6 Å². The van der Waals surface area contributed by atoms with Gasteiger partial charge in [-0.05, 0) is 56.5 Å². The van der Waals surface area contributed by atoms with Crippen LogP contribution in [0.3, 0.4) is 0 Å². The fraction of sp³-hybridized carbons (Fsp3) is 0.308. The van der Waals surface area contributed by atoms with Crippen molar-refractivity contribution in [1.82, 2.24) is 0 Å². The van der Waals surface area contributed by atoms with E-state index < -0.39 is 27.9 Å². The minimum atomic E-state index is -1.77. The molecule has 2 aromatic rings. The summed E-state index contributed by atoms with van der Waals surface area (Å²) in [5.74, 6) is 11.6. The van der Waals surface area contributed by atoms with E-state index in [1.54, 1.807) is 44.2 Å². The summed E-state index contributed by atoms with van der Waals surface area (Å²) in [4.78, 5) is 25.0. The molecule has 0 aliphatic carbocycles. The molecule has 0 spiro atoms. The van der Waals surface area contributed by atoms with Crippen LogP contribution >= 0.6 is 34.8 Å². The Hall–Kier alpha value is -3.03. The van der Waals surface area contributed by atoms with E-state index in [0.29, 0.717) is 22.6 Å². The third-order valence-corrected chi connectivity index (χ3v) is 4.64. The first kappa shape index (κ1) is 28.2. The number of carbonyl (C=O) groups is 2. The van der Waals surface area contributed by atoms with Crippen LogP contribution in [-0.4, -0.2) is 42.2 Å². The van der Waals surface area contributed by atoms with Gasteiger partial charge >= 0.3 is 6.16 Å². The molecule has 0 N–H and O–H groups in total. The summed E-state index contributed by atoms with van der Waals surface area (Å²) in [7, 11) is 2.99. The first-order valence-electron chi connectivity index (χ1n) is 10.2. The second-order valence-electron chi connectivity index (χ2n) is 7.69. The highest BCUT2D eigenvalue weighted by molar-refractivity contribution is 6.67. The third kappa shape index (κ3) is 8.92. The van der Waals surface area contributed by atoms with Crippen LogP contribution in [-0.2, 0) is 9.47 Å². The molecule has 0 fully saturated rings. The Bertz CT molecular complexity index is 1220. The number of para-hydroxylation sites is 1. The van der Waals surface area contributed by atoms with Gasteiger partial charge in [-0.2, -0.15) is 0 Å². The van der Waals surface area contributed by atoms with Gasteiger partial charge in [0.1, 0.15) is 18.1 Å². The number of rotatable bonds is 5. The van der Waals surface area contributed by atoms with Gasteiger partial charge in [-0.15, -0.1) is 0 Å². The van der Waals surface area contributed by atoms with Crippen LogP contribution in [0.15, 0.2) is 36.4 Å². The molecule has 9 heteroatoms. The molecule has 2 rings (SSSR count). The van der Waals surface area contributed by atoms with E-state index in [0.717, 1.165) is 5.56 Å². The number of hydrogen-bond acceptors (Lipinski definition) is 6. The third-order valence-electron chi connectivity index (χ3n) is 4.31. The van der Waals surface area contributed by atoms with E-state index in [4.69, 9.17) is 53.8 Å². The molecule has 35 heavy (non-hydrogen) atoms. The highest BCUT2D eigenvalue weighted by Gasteiger charge is 2.26. The van der Waals surface area contributed by atoms with Crippen LogP contribution in [0.25, 0.3) is 0 Å². The molecule has 6 nitrogen and oxygen atoms in total. The second-order valence-corrected chi connectivity index (χ2v) is 10.2. The first-order valence-corrected chi connectivity index (χ1v) is 11.3. The van der Waals surface area contributed by atoms with Gasteiger partial charge in [0.2, 0.25) is 9.58 Å². The summed E-state index contributed by atoms with van der Waals surface area (Å²) in [6.07, 6.45) is -1.06. The van der Waals surface area contributed by atoms with Crippen LogP contribution in [0.2, 0.25) is 0 Å².